The van der Waals surface area contributed by atoms with Crippen LogP contribution >= 0.6 is 0 Å². The van der Waals surface area contributed by atoms with E-state index in [-0.39, 0.29) is 0 Å². The molecule has 2 bridgehead atoms. The van der Waals surface area contributed by atoms with Crippen LogP contribution in [0.4, 0.5) is 0 Å². The second kappa shape index (κ2) is 4.73. The molecule has 4 unspecified atom stereocenters. The van der Waals surface area contributed by atoms with Gasteiger partial charge in [0, 0.05) is 30.7 Å². The van der Waals surface area contributed by atoms with Crippen molar-refractivity contribution in [2.45, 2.75) is 82.3 Å². The molecule has 1 heterocycles. The molecule has 1 N–H and O–H groups in total. The number of piperazine rings is 1. The van der Waals surface area contributed by atoms with Crippen LogP contribution in [0.25, 0.3) is 0 Å². The van der Waals surface area contributed by atoms with Gasteiger partial charge in [-0.2, -0.15) is 0 Å². The van der Waals surface area contributed by atoms with Crippen LogP contribution in [0.2, 0.25) is 0 Å². The van der Waals surface area contributed by atoms with Crippen molar-refractivity contribution in [3.05, 3.63) is 0 Å². The lowest BCUT2D eigenvalue weighted by atomic mass is 9.86. The maximum absolute atomic E-state index is 3.95. The zero-order chi connectivity index (χ0) is 12.9. The third-order valence-corrected chi connectivity index (χ3v) is 6.83. The maximum Gasteiger partial charge on any atom is 0.0309 e. The van der Waals surface area contributed by atoms with E-state index in [1.165, 1.54) is 64.5 Å². The molecule has 1 saturated heterocycles. The van der Waals surface area contributed by atoms with Gasteiger partial charge in [-0.05, 0) is 50.4 Å². The Morgan fingerprint density at radius 3 is 2.63 bits per heavy atom. The summed E-state index contributed by atoms with van der Waals surface area (Å²) < 4.78 is 0. The van der Waals surface area contributed by atoms with Gasteiger partial charge in [-0.3, -0.25) is 4.90 Å². The lowest BCUT2D eigenvalue weighted by Crippen LogP contribution is -2.65. The van der Waals surface area contributed by atoms with Gasteiger partial charge in [-0.15, -0.1) is 0 Å². The van der Waals surface area contributed by atoms with Crippen LogP contribution in [0.5, 0.6) is 0 Å². The molecule has 108 valence electrons. The highest BCUT2D eigenvalue weighted by atomic mass is 15.3. The van der Waals surface area contributed by atoms with Crippen LogP contribution in [-0.2, 0) is 0 Å². The average Bonchev–Trinajstić information content (AvgIpc) is 3.15. The molecule has 0 aromatic heterocycles. The molecule has 19 heavy (non-hydrogen) atoms. The summed E-state index contributed by atoms with van der Waals surface area (Å²) in [6, 6.07) is 1.76. The summed E-state index contributed by atoms with van der Waals surface area (Å²) >= 11 is 0. The molecular weight excluding hydrogens is 232 g/mol. The van der Waals surface area contributed by atoms with Crippen LogP contribution in [0.15, 0.2) is 0 Å². The molecule has 0 amide bonds. The Labute approximate surface area is 118 Å². The lowest BCUT2D eigenvalue weighted by molar-refractivity contribution is 0.0197. The molecule has 3 saturated carbocycles. The second-order valence-electron chi connectivity index (χ2n) is 7.84. The van der Waals surface area contributed by atoms with Gasteiger partial charge in [-0.1, -0.05) is 26.2 Å². The minimum absolute atomic E-state index is 0.507. The molecule has 1 spiro atoms. The largest absolute Gasteiger partial charge is 0.308 e. The van der Waals surface area contributed by atoms with Crippen molar-refractivity contribution in [3.63, 3.8) is 0 Å². The summed E-state index contributed by atoms with van der Waals surface area (Å²) in [4.78, 5) is 2.98. The first-order valence-electron chi connectivity index (χ1n) is 8.80. The average molecular weight is 262 g/mol. The Kier molecular flexibility index (Phi) is 3.15. The van der Waals surface area contributed by atoms with Gasteiger partial charge in [0.15, 0.2) is 0 Å². The van der Waals surface area contributed by atoms with E-state index in [1.54, 1.807) is 6.42 Å². The summed E-state index contributed by atoms with van der Waals surface area (Å²) in [6.45, 7) is 5.00. The summed E-state index contributed by atoms with van der Waals surface area (Å²) in [5, 5.41) is 3.95. The number of hydrogen-bond donors (Lipinski definition) is 1. The molecule has 3 aliphatic carbocycles. The van der Waals surface area contributed by atoms with E-state index < -0.39 is 0 Å². The summed E-state index contributed by atoms with van der Waals surface area (Å²) in [5.74, 6) is 2.14. The highest BCUT2D eigenvalue weighted by Gasteiger charge is 2.48. The van der Waals surface area contributed by atoms with Crippen molar-refractivity contribution < 1.29 is 0 Å². The minimum atomic E-state index is 0.507. The smallest absolute Gasteiger partial charge is 0.0309 e. The van der Waals surface area contributed by atoms with Crippen molar-refractivity contribution in [2.75, 3.05) is 13.1 Å². The molecule has 2 nitrogen and oxygen atoms in total. The number of rotatable bonds is 2. The first kappa shape index (κ1) is 12.6. The predicted molar refractivity (Wildman–Crippen MR) is 79.2 cm³/mol. The van der Waals surface area contributed by atoms with E-state index in [0.29, 0.717) is 5.54 Å². The van der Waals surface area contributed by atoms with Gasteiger partial charge in [0.25, 0.3) is 0 Å². The van der Waals surface area contributed by atoms with E-state index in [2.05, 4.69) is 17.1 Å². The standard InChI is InChI=1S/C17H30N2/c1-2-15-11-18-17(7-3-4-8-17)12-19(15)16-10-13-5-6-14(16)9-13/h13-16,18H,2-12H2,1H3. The molecule has 0 aromatic carbocycles. The molecular formula is C17H30N2. The normalized spacial score (nSPS) is 45.3. The Balaban J connectivity index is 1.53. The monoisotopic (exact) mass is 262 g/mol. The Morgan fingerprint density at radius 1 is 1.16 bits per heavy atom. The fraction of sp³-hybridized carbons (Fsp3) is 1.00. The fourth-order valence-electron chi connectivity index (χ4n) is 5.76. The molecule has 0 aromatic rings. The second-order valence-corrected chi connectivity index (χ2v) is 7.84. The topological polar surface area (TPSA) is 15.3 Å². The van der Waals surface area contributed by atoms with Crippen LogP contribution in [0.1, 0.15) is 64.7 Å². The summed E-state index contributed by atoms with van der Waals surface area (Å²) in [5.41, 5.74) is 0.507. The van der Waals surface area contributed by atoms with Gasteiger partial charge < -0.3 is 5.32 Å². The Morgan fingerprint density at radius 2 is 2.00 bits per heavy atom. The molecule has 4 fully saturated rings. The van der Waals surface area contributed by atoms with Crippen LogP contribution in [0, 0.1) is 11.8 Å². The van der Waals surface area contributed by atoms with Crippen LogP contribution in [-0.4, -0.2) is 35.6 Å². The minimum Gasteiger partial charge on any atom is -0.308 e. The predicted octanol–water partition coefficient (Wildman–Crippen LogP) is 3.17. The third kappa shape index (κ3) is 2.06. The van der Waals surface area contributed by atoms with E-state index in [0.717, 1.165) is 23.9 Å². The van der Waals surface area contributed by atoms with Crippen molar-refractivity contribution in [2.24, 2.45) is 11.8 Å². The third-order valence-electron chi connectivity index (χ3n) is 6.83. The molecule has 4 atom stereocenters. The van der Waals surface area contributed by atoms with Gasteiger partial charge in [0.2, 0.25) is 0 Å². The van der Waals surface area contributed by atoms with Crippen molar-refractivity contribution in [1.29, 1.82) is 0 Å². The summed E-state index contributed by atoms with van der Waals surface area (Å²) in [7, 11) is 0. The Bertz CT molecular complexity index is 334. The number of hydrogen-bond acceptors (Lipinski definition) is 2. The SMILES string of the molecule is CCC1CNC2(CCCC2)CN1C1CC2CCC1C2. The quantitative estimate of drug-likeness (QED) is 0.822. The van der Waals surface area contributed by atoms with Crippen LogP contribution < -0.4 is 5.32 Å². The molecule has 2 heteroatoms. The first-order chi connectivity index (χ1) is 9.30. The van der Waals surface area contributed by atoms with Crippen LogP contribution in [0.3, 0.4) is 0 Å². The molecule has 4 aliphatic rings. The van der Waals surface area contributed by atoms with E-state index in [4.69, 9.17) is 0 Å². The van der Waals surface area contributed by atoms with Gasteiger partial charge in [0.1, 0.15) is 0 Å². The van der Waals surface area contributed by atoms with Crippen molar-refractivity contribution in [3.8, 4) is 0 Å². The zero-order valence-corrected chi connectivity index (χ0v) is 12.5. The van der Waals surface area contributed by atoms with Gasteiger partial charge >= 0.3 is 0 Å². The van der Waals surface area contributed by atoms with Gasteiger partial charge in [0.05, 0.1) is 0 Å². The number of nitrogens with zero attached hydrogens (tertiary/aromatic N) is 1. The van der Waals surface area contributed by atoms with E-state index in [9.17, 15) is 0 Å². The van der Waals surface area contributed by atoms with E-state index >= 15 is 0 Å². The zero-order valence-electron chi connectivity index (χ0n) is 12.5. The van der Waals surface area contributed by atoms with Crippen molar-refractivity contribution >= 4 is 0 Å². The molecule has 1 aliphatic heterocycles. The lowest BCUT2D eigenvalue weighted by Gasteiger charge is -2.50. The first-order valence-corrected chi connectivity index (χ1v) is 8.80. The van der Waals surface area contributed by atoms with Gasteiger partial charge in [-0.25, -0.2) is 0 Å². The highest BCUT2D eigenvalue weighted by Crippen LogP contribution is 2.48. The fourth-order valence-corrected chi connectivity index (χ4v) is 5.76. The summed E-state index contributed by atoms with van der Waals surface area (Å²) in [6.07, 6.45) is 13.2. The maximum atomic E-state index is 3.95. The highest BCUT2D eigenvalue weighted by molar-refractivity contribution is 5.05. The number of nitrogens with one attached hydrogen (secondary N) is 1. The molecule has 0 radical (unpaired) electrons. The molecule has 4 rings (SSSR count). The van der Waals surface area contributed by atoms with E-state index in [1.807, 2.05) is 0 Å². The van der Waals surface area contributed by atoms with Crippen molar-refractivity contribution in [1.82, 2.24) is 10.2 Å². The number of fused-ring (bicyclic) bond motifs is 2. The Hall–Kier alpha value is -0.0800.